The van der Waals surface area contributed by atoms with Crippen molar-refractivity contribution in [2.24, 2.45) is 47.3 Å². The highest BCUT2D eigenvalue weighted by atomic mass is 16.4. The number of hydrogen-bond donors (Lipinski definition) is 4. The summed E-state index contributed by atoms with van der Waals surface area (Å²) in [5, 5.41) is 24.7. The molecular formula is C21H30N2O6. The third-order valence-electron chi connectivity index (χ3n) is 7.98. The Morgan fingerprint density at radius 1 is 0.759 bits per heavy atom. The topological polar surface area (TPSA) is 133 Å². The number of carboxylic acid groups (broad SMARTS) is 2. The maximum absolute atomic E-state index is 12.7. The summed E-state index contributed by atoms with van der Waals surface area (Å²) in [6.07, 6.45) is 5.18. The molecule has 0 saturated heterocycles. The molecule has 0 aromatic carbocycles. The Labute approximate surface area is 169 Å². The minimum atomic E-state index is -0.894. The van der Waals surface area contributed by atoms with Gasteiger partial charge in [0, 0.05) is 12.6 Å². The highest BCUT2D eigenvalue weighted by Crippen LogP contribution is 2.53. The van der Waals surface area contributed by atoms with Crippen molar-refractivity contribution >= 4 is 23.8 Å². The van der Waals surface area contributed by atoms with Gasteiger partial charge < -0.3 is 20.8 Å². The second-order valence-electron chi connectivity index (χ2n) is 9.60. The summed E-state index contributed by atoms with van der Waals surface area (Å²) in [6, 6.07) is -0.345. The number of amides is 2. The van der Waals surface area contributed by atoms with Crippen molar-refractivity contribution in [3.8, 4) is 0 Å². The molecule has 4 bridgehead atoms. The Bertz CT molecular complexity index is 724. The standard InChI is InChI=1S/C21H30N2O6/c1-9(23-19(25)15-11-3-5-13(7-11)17(15)21(28)29)8-22-18(24)14-10-2-4-12(6-10)16(14)20(26)27/h9-17H,2-8H2,1H3,(H,22,24)(H,23,25)(H,26,27)(H,28,29)/t9-,10+,11+,12+,13+,14-,15+,16+,17+/m1/s1. The van der Waals surface area contributed by atoms with Crippen LogP contribution in [0.15, 0.2) is 0 Å². The number of nitrogens with one attached hydrogen (secondary N) is 2. The number of carbonyl (C=O) groups excluding carboxylic acids is 2. The van der Waals surface area contributed by atoms with E-state index in [1.807, 2.05) is 0 Å². The first kappa shape index (κ1) is 20.2. The lowest BCUT2D eigenvalue weighted by Gasteiger charge is -2.29. The molecule has 9 atom stereocenters. The molecule has 29 heavy (non-hydrogen) atoms. The zero-order chi connectivity index (χ0) is 20.9. The van der Waals surface area contributed by atoms with E-state index in [1.165, 1.54) is 0 Å². The molecule has 0 heterocycles. The van der Waals surface area contributed by atoms with Gasteiger partial charge in [-0.05, 0) is 69.1 Å². The molecule has 4 saturated carbocycles. The Morgan fingerprint density at radius 3 is 1.62 bits per heavy atom. The van der Waals surface area contributed by atoms with Crippen LogP contribution in [0.2, 0.25) is 0 Å². The fourth-order valence-corrected chi connectivity index (χ4v) is 6.81. The molecule has 0 spiro atoms. The van der Waals surface area contributed by atoms with Gasteiger partial charge in [0.1, 0.15) is 0 Å². The molecule has 4 aliphatic rings. The highest BCUT2D eigenvalue weighted by molar-refractivity contribution is 5.87. The number of rotatable bonds is 7. The van der Waals surface area contributed by atoms with Crippen LogP contribution in [-0.4, -0.2) is 46.6 Å². The largest absolute Gasteiger partial charge is 0.481 e. The third-order valence-corrected chi connectivity index (χ3v) is 7.98. The molecule has 0 aromatic rings. The van der Waals surface area contributed by atoms with Crippen LogP contribution in [0.25, 0.3) is 0 Å². The normalized spacial score (nSPS) is 40.6. The Balaban J connectivity index is 1.30. The summed E-state index contributed by atoms with van der Waals surface area (Å²) in [4.78, 5) is 48.6. The van der Waals surface area contributed by atoms with E-state index in [0.717, 1.165) is 38.5 Å². The van der Waals surface area contributed by atoms with Crippen molar-refractivity contribution < 1.29 is 29.4 Å². The quantitative estimate of drug-likeness (QED) is 0.500. The predicted octanol–water partition coefficient (Wildman–Crippen LogP) is 1.10. The molecule has 0 aromatic heterocycles. The molecule has 4 fully saturated rings. The van der Waals surface area contributed by atoms with Crippen LogP contribution in [0, 0.1) is 47.3 Å². The fourth-order valence-electron chi connectivity index (χ4n) is 6.81. The van der Waals surface area contributed by atoms with Crippen LogP contribution in [0.3, 0.4) is 0 Å². The van der Waals surface area contributed by atoms with Crippen LogP contribution < -0.4 is 10.6 Å². The van der Waals surface area contributed by atoms with Gasteiger partial charge in [-0.1, -0.05) is 0 Å². The van der Waals surface area contributed by atoms with E-state index in [4.69, 9.17) is 0 Å². The van der Waals surface area contributed by atoms with E-state index in [-0.39, 0.29) is 48.1 Å². The Hall–Kier alpha value is -2.12. The number of carboxylic acids is 2. The maximum atomic E-state index is 12.7. The lowest BCUT2D eigenvalue weighted by atomic mass is 9.78. The molecule has 0 unspecified atom stereocenters. The molecule has 8 heteroatoms. The lowest BCUT2D eigenvalue weighted by Crippen LogP contribution is -2.49. The molecule has 0 aliphatic heterocycles. The number of fused-ring (bicyclic) bond motifs is 4. The minimum absolute atomic E-state index is 0.0917. The second kappa shape index (κ2) is 7.61. The molecule has 4 aliphatic carbocycles. The van der Waals surface area contributed by atoms with E-state index >= 15 is 0 Å². The van der Waals surface area contributed by atoms with Crippen LogP contribution >= 0.6 is 0 Å². The molecule has 4 rings (SSSR count). The van der Waals surface area contributed by atoms with Crippen LogP contribution in [-0.2, 0) is 19.2 Å². The fraction of sp³-hybridized carbons (Fsp3) is 0.810. The van der Waals surface area contributed by atoms with E-state index in [9.17, 15) is 29.4 Å². The Kier molecular flexibility index (Phi) is 5.29. The first-order valence-electron chi connectivity index (χ1n) is 10.8. The van der Waals surface area contributed by atoms with Gasteiger partial charge in [-0.25, -0.2) is 0 Å². The summed E-state index contributed by atoms with van der Waals surface area (Å²) in [6.45, 7) is 1.99. The summed E-state index contributed by atoms with van der Waals surface area (Å²) in [7, 11) is 0. The van der Waals surface area contributed by atoms with Gasteiger partial charge in [0.2, 0.25) is 11.8 Å². The first-order valence-corrected chi connectivity index (χ1v) is 10.8. The summed E-state index contributed by atoms with van der Waals surface area (Å²) in [5.74, 6) is -4.02. The smallest absolute Gasteiger partial charge is 0.307 e. The van der Waals surface area contributed by atoms with Crippen molar-refractivity contribution in [1.82, 2.24) is 10.6 Å². The van der Waals surface area contributed by atoms with E-state index < -0.39 is 35.6 Å². The van der Waals surface area contributed by atoms with Gasteiger partial charge in [0.25, 0.3) is 0 Å². The monoisotopic (exact) mass is 406 g/mol. The summed E-state index contributed by atoms with van der Waals surface area (Å²) >= 11 is 0. The van der Waals surface area contributed by atoms with Gasteiger partial charge in [0.05, 0.1) is 23.7 Å². The average Bonchev–Trinajstić information content (AvgIpc) is 3.44. The maximum Gasteiger partial charge on any atom is 0.307 e. The number of aliphatic carboxylic acids is 2. The van der Waals surface area contributed by atoms with E-state index in [0.29, 0.717) is 0 Å². The SMILES string of the molecule is C[C@H](CNC(=O)[C@@H]1[C@H]2CC[C@@H](C2)[C@@H]1C(=O)O)NC(=O)[C@H]1[C@H]2CC[C@@H](C2)[C@@H]1C(=O)O. The van der Waals surface area contributed by atoms with Crippen molar-refractivity contribution in [3.63, 3.8) is 0 Å². The molecule has 2 amide bonds. The third kappa shape index (κ3) is 3.51. The zero-order valence-corrected chi connectivity index (χ0v) is 16.7. The lowest BCUT2D eigenvalue weighted by molar-refractivity contribution is -0.150. The molecule has 160 valence electrons. The molecule has 8 nitrogen and oxygen atoms in total. The second-order valence-corrected chi connectivity index (χ2v) is 9.60. The van der Waals surface area contributed by atoms with Crippen molar-refractivity contribution in [3.05, 3.63) is 0 Å². The van der Waals surface area contributed by atoms with Crippen LogP contribution in [0.4, 0.5) is 0 Å². The van der Waals surface area contributed by atoms with Gasteiger partial charge in [0.15, 0.2) is 0 Å². The summed E-state index contributed by atoms with van der Waals surface area (Å²) in [5.41, 5.74) is 0. The van der Waals surface area contributed by atoms with Crippen LogP contribution in [0.1, 0.15) is 45.4 Å². The van der Waals surface area contributed by atoms with Gasteiger partial charge in [-0.2, -0.15) is 0 Å². The van der Waals surface area contributed by atoms with Gasteiger partial charge in [-0.15, -0.1) is 0 Å². The molecular weight excluding hydrogens is 376 g/mol. The first-order chi connectivity index (χ1) is 13.8. The van der Waals surface area contributed by atoms with Gasteiger partial charge in [-0.3, -0.25) is 19.2 Å². The van der Waals surface area contributed by atoms with E-state index in [1.54, 1.807) is 6.92 Å². The number of hydrogen-bond acceptors (Lipinski definition) is 4. The Morgan fingerprint density at radius 2 is 1.17 bits per heavy atom. The highest BCUT2D eigenvalue weighted by Gasteiger charge is 2.55. The van der Waals surface area contributed by atoms with Crippen molar-refractivity contribution in [2.75, 3.05) is 6.54 Å². The van der Waals surface area contributed by atoms with Gasteiger partial charge >= 0.3 is 11.9 Å². The molecule has 0 radical (unpaired) electrons. The van der Waals surface area contributed by atoms with Crippen molar-refractivity contribution in [1.29, 1.82) is 0 Å². The zero-order valence-electron chi connectivity index (χ0n) is 16.7. The summed E-state index contributed by atoms with van der Waals surface area (Å²) < 4.78 is 0. The van der Waals surface area contributed by atoms with Crippen molar-refractivity contribution in [2.45, 2.75) is 51.5 Å². The minimum Gasteiger partial charge on any atom is -0.481 e. The van der Waals surface area contributed by atoms with Crippen LogP contribution in [0.5, 0.6) is 0 Å². The average molecular weight is 406 g/mol. The molecule has 4 N–H and O–H groups in total. The predicted molar refractivity (Wildman–Crippen MR) is 102 cm³/mol. The number of carbonyl (C=O) groups is 4. The van der Waals surface area contributed by atoms with E-state index in [2.05, 4.69) is 10.6 Å².